The summed E-state index contributed by atoms with van der Waals surface area (Å²) in [6, 6.07) is 15.5. The summed E-state index contributed by atoms with van der Waals surface area (Å²) in [6.45, 7) is -0.284. The Kier molecular flexibility index (Phi) is 8.48. The molecule has 0 spiro atoms. The van der Waals surface area contributed by atoms with Crippen molar-refractivity contribution in [1.82, 2.24) is 5.32 Å². The van der Waals surface area contributed by atoms with Crippen LogP contribution in [0, 0.1) is 0 Å². The van der Waals surface area contributed by atoms with Gasteiger partial charge in [-0.15, -0.1) is 0 Å². The van der Waals surface area contributed by atoms with Gasteiger partial charge in [-0.3, -0.25) is 4.79 Å². The molecule has 3 amide bonds. The highest BCUT2D eigenvalue weighted by atomic mass is 35.5. The minimum atomic E-state index is -3.83. The zero-order chi connectivity index (χ0) is 26.3. The molecule has 0 aliphatic heterocycles. The molecule has 188 valence electrons. The third-order valence-electron chi connectivity index (χ3n) is 4.65. The van der Waals surface area contributed by atoms with Gasteiger partial charge in [0, 0.05) is 22.9 Å². The number of nitrogens with two attached hydrogens (primary N) is 1. The van der Waals surface area contributed by atoms with Crippen molar-refractivity contribution in [3.8, 4) is 5.75 Å². The summed E-state index contributed by atoms with van der Waals surface area (Å²) in [6.07, 6.45) is 0. The van der Waals surface area contributed by atoms with Crippen molar-refractivity contribution in [3.63, 3.8) is 0 Å². The first kappa shape index (κ1) is 26.5. The first-order valence-corrected chi connectivity index (χ1v) is 12.2. The number of halogens is 1. The Labute approximate surface area is 211 Å². The Balaban J connectivity index is 1.51. The standard InChI is InChI=1S/C23H21ClN4O7S/c24-15-4-9-20(19(11-15)22(30)31)35-13-21(29)26-12-14-2-1-3-17(10-14)28-23(32)27-16-5-7-18(8-6-16)36(25,33)34/h1-11H,12-13H2,(H,26,29)(H,30,31)(H2,25,33,34)(H2,27,28,32). The molecule has 0 aliphatic carbocycles. The smallest absolute Gasteiger partial charge is 0.339 e. The van der Waals surface area contributed by atoms with E-state index in [9.17, 15) is 27.9 Å². The molecule has 0 aromatic heterocycles. The van der Waals surface area contributed by atoms with E-state index in [1.165, 1.54) is 42.5 Å². The predicted octanol–water partition coefficient (Wildman–Crippen LogP) is 3.02. The van der Waals surface area contributed by atoms with E-state index in [1.54, 1.807) is 24.3 Å². The Bertz CT molecular complexity index is 1400. The van der Waals surface area contributed by atoms with E-state index in [2.05, 4.69) is 16.0 Å². The van der Waals surface area contributed by atoms with Gasteiger partial charge in [-0.2, -0.15) is 0 Å². The van der Waals surface area contributed by atoms with Crippen molar-refractivity contribution in [2.75, 3.05) is 17.2 Å². The number of carboxylic acid groups (broad SMARTS) is 1. The summed E-state index contributed by atoms with van der Waals surface area (Å²) in [5, 5.41) is 22.3. The minimum Gasteiger partial charge on any atom is -0.483 e. The molecule has 0 atom stereocenters. The molecule has 0 saturated carbocycles. The minimum absolute atomic E-state index is 0.0125. The third kappa shape index (κ3) is 7.70. The molecule has 3 aromatic rings. The Hall–Kier alpha value is -4.13. The van der Waals surface area contributed by atoms with Gasteiger partial charge < -0.3 is 25.8 Å². The molecular formula is C23H21ClN4O7S. The van der Waals surface area contributed by atoms with Crippen LogP contribution in [0.1, 0.15) is 15.9 Å². The molecule has 6 N–H and O–H groups in total. The molecule has 0 radical (unpaired) electrons. The third-order valence-corrected chi connectivity index (χ3v) is 5.81. The van der Waals surface area contributed by atoms with E-state index in [0.717, 1.165) is 0 Å². The number of carbonyl (C=O) groups excluding carboxylic acids is 2. The molecule has 0 aliphatic rings. The van der Waals surface area contributed by atoms with Gasteiger partial charge >= 0.3 is 12.0 Å². The van der Waals surface area contributed by atoms with Crippen LogP contribution < -0.4 is 25.8 Å². The number of sulfonamides is 1. The van der Waals surface area contributed by atoms with Gasteiger partial charge in [0.05, 0.1) is 4.90 Å². The number of carbonyl (C=O) groups is 3. The average Bonchev–Trinajstić information content (AvgIpc) is 2.81. The zero-order valence-electron chi connectivity index (χ0n) is 18.5. The molecule has 0 bridgehead atoms. The fraction of sp³-hybridized carbons (Fsp3) is 0.0870. The Morgan fingerprint density at radius 3 is 2.31 bits per heavy atom. The molecule has 3 aromatic carbocycles. The van der Waals surface area contributed by atoms with Crippen LogP contribution in [-0.2, 0) is 21.4 Å². The second-order valence-corrected chi connectivity index (χ2v) is 9.36. The van der Waals surface area contributed by atoms with Crippen molar-refractivity contribution in [1.29, 1.82) is 0 Å². The number of urea groups is 1. The van der Waals surface area contributed by atoms with Gasteiger partial charge in [0.1, 0.15) is 11.3 Å². The predicted molar refractivity (Wildman–Crippen MR) is 133 cm³/mol. The molecule has 0 unspecified atom stereocenters. The average molecular weight is 533 g/mol. The number of carboxylic acids is 1. The molecule has 36 heavy (non-hydrogen) atoms. The molecule has 0 heterocycles. The first-order valence-electron chi connectivity index (χ1n) is 10.2. The number of amides is 3. The van der Waals surface area contributed by atoms with E-state index in [4.69, 9.17) is 21.5 Å². The largest absolute Gasteiger partial charge is 0.483 e. The van der Waals surface area contributed by atoms with Gasteiger partial charge in [-0.05, 0) is 60.2 Å². The van der Waals surface area contributed by atoms with Crippen LogP contribution in [0.25, 0.3) is 0 Å². The van der Waals surface area contributed by atoms with Crippen LogP contribution >= 0.6 is 11.6 Å². The lowest BCUT2D eigenvalue weighted by Crippen LogP contribution is -2.28. The van der Waals surface area contributed by atoms with Crippen molar-refractivity contribution in [3.05, 3.63) is 82.9 Å². The number of ether oxygens (including phenoxy) is 1. The SMILES string of the molecule is NS(=O)(=O)c1ccc(NC(=O)Nc2cccc(CNC(=O)COc3ccc(Cl)cc3C(=O)O)c2)cc1. The van der Waals surface area contributed by atoms with Crippen LogP contribution in [-0.4, -0.2) is 38.0 Å². The van der Waals surface area contributed by atoms with Crippen LogP contribution in [0.2, 0.25) is 5.02 Å². The van der Waals surface area contributed by atoms with E-state index in [0.29, 0.717) is 16.9 Å². The maximum absolute atomic E-state index is 12.3. The van der Waals surface area contributed by atoms with Crippen LogP contribution in [0.4, 0.5) is 16.2 Å². The maximum atomic E-state index is 12.3. The van der Waals surface area contributed by atoms with E-state index in [1.807, 2.05) is 0 Å². The van der Waals surface area contributed by atoms with E-state index in [-0.39, 0.29) is 27.8 Å². The van der Waals surface area contributed by atoms with Crippen molar-refractivity contribution in [2.24, 2.45) is 5.14 Å². The van der Waals surface area contributed by atoms with Crippen LogP contribution in [0.3, 0.4) is 0 Å². The number of primary sulfonamides is 1. The number of hydrogen-bond donors (Lipinski definition) is 5. The normalized spacial score (nSPS) is 10.8. The van der Waals surface area contributed by atoms with Crippen LogP contribution in [0.15, 0.2) is 71.6 Å². The molecule has 13 heteroatoms. The molecule has 0 saturated heterocycles. The summed E-state index contributed by atoms with van der Waals surface area (Å²) in [4.78, 5) is 35.6. The summed E-state index contributed by atoms with van der Waals surface area (Å²) in [7, 11) is -3.83. The Morgan fingerprint density at radius 2 is 1.64 bits per heavy atom. The van der Waals surface area contributed by atoms with Gasteiger partial charge in [-0.1, -0.05) is 23.7 Å². The molecule has 0 fully saturated rings. The summed E-state index contributed by atoms with van der Waals surface area (Å²) in [5.41, 5.74) is 1.32. The van der Waals surface area contributed by atoms with E-state index >= 15 is 0 Å². The van der Waals surface area contributed by atoms with Gasteiger partial charge in [0.25, 0.3) is 5.91 Å². The number of aromatic carboxylic acids is 1. The number of anilines is 2. The summed E-state index contributed by atoms with van der Waals surface area (Å²) >= 11 is 5.79. The highest BCUT2D eigenvalue weighted by molar-refractivity contribution is 7.89. The highest BCUT2D eigenvalue weighted by Gasteiger charge is 2.14. The maximum Gasteiger partial charge on any atom is 0.339 e. The van der Waals surface area contributed by atoms with Crippen molar-refractivity contribution in [2.45, 2.75) is 11.4 Å². The topological polar surface area (TPSA) is 177 Å². The van der Waals surface area contributed by atoms with Gasteiger partial charge in [0.2, 0.25) is 10.0 Å². The second kappa shape index (κ2) is 11.5. The quantitative estimate of drug-likeness (QED) is 0.281. The number of hydrogen-bond acceptors (Lipinski definition) is 6. The van der Waals surface area contributed by atoms with Crippen LogP contribution in [0.5, 0.6) is 5.75 Å². The van der Waals surface area contributed by atoms with Gasteiger partial charge in [-0.25, -0.2) is 23.1 Å². The molecule has 3 rings (SSSR count). The van der Waals surface area contributed by atoms with Crippen molar-refractivity contribution >= 4 is 50.9 Å². The van der Waals surface area contributed by atoms with Gasteiger partial charge in [0.15, 0.2) is 6.61 Å². The second-order valence-electron chi connectivity index (χ2n) is 7.36. The lowest BCUT2D eigenvalue weighted by atomic mass is 10.2. The number of rotatable bonds is 9. The number of benzene rings is 3. The monoisotopic (exact) mass is 532 g/mol. The van der Waals surface area contributed by atoms with E-state index < -0.39 is 34.5 Å². The molecular weight excluding hydrogens is 512 g/mol. The Morgan fingerprint density at radius 1 is 0.944 bits per heavy atom. The summed E-state index contributed by atoms with van der Waals surface area (Å²) in [5.74, 6) is -1.71. The fourth-order valence-electron chi connectivity index (χ4n) is 2.97. The fourth-order valence-corrected chi connectivity index (χ4v) is 3.66. The lowest BCUT2D eigenvalue weighted by molar-refractivity contribution is -0.123. The lowest BCUT2D eigenvalue weighted by Gasteiger charge is -2.11. The zero-order valence-corrected chi connectivity index (χ0v) is 20.1. The number of nitrogens with one attached hydrogen (secondary N) is 3. The highest BCUT2D eigenvalue weighted by Crippen LogP contribution is 2.23. The summed E-state index contributed by atoms with van der Waals surface area (Å²) < 4.78 is 27.9. The first-order chi connectivity index (χ1) is 17.0. The molecule has 11 nitrogen and oxygen atoms in total. The van der Waals surface area contributed by atoms with Crippen molar-refractivity contribution < 1.29 is 32.6 Å².